The molecule has 62 valence electrons. The molecule has 0 aliphatic rings. The molecule has 0 atom stereocenters. The molecule has 0 saturated heterocycles. The number of carboxylic acids is 1. The molecule has 0 unspecified atom stereocenters. The van der Waals surface area contributed by atoms with Gasteiger partial charge in [-0.1, -0.05) is 17.7 Å². The minimum absolute atomic E-state index is 0.405. The van der Waals surface area contributed by atoms with Crippen LogP contribution in [0.15, 0.2) is 23.3 Å². The first-order chi connectivity index (χ1) is 5.04. The first-order valence-electron chi connectivity index (χ1n) is 3.57. The molecule has 0 spiro atoms. The molecule has 2 nitrogen and oxygen atoms in total. The maximum atomic E-state index is 10.3. The van der Waals surface area contributed by atoms with Crippen LogP contribution in [-0.2, 0) is 4.79 Å². The molecule has 0 aromatic rings. The van der Waals surface area contributed by atoms with Crippen LogP contribution >= 0.6 is 0 Å². The van der Waals surface area contributed by atoms with Gasteiger partial charge < -0.3 is 5.11 Å². The second-order valence-corrected chi connectivity index (χ2v) is 2.71. The number of aliphatic carboxylic acids is 1. The Morgan fingerprint density at radius 1 is 1.27 bits per heavy atom. The van der Waals surface area contributed by atoms with Crippen molar-refractivity contribution < 1.29 is 9.90 Å². The highest BCUT2D eigenvalue weighted by atomic mass is 16.4. The lowest BCUT2D eigenvalue weighted by Gasteiger charge is -1.90. The van der Waals surface area contributed by atoms with E-state index in [0.717, 1.165) is 0 Å². The number of allylic oxidation sites excluding steroid dienone is 3. The third kappa shape index (κ3) is 5.40. The van der Waals surface area contributed by atoms with E-state index in [-0.39, 0.29) is 0 Å². The van der Waals surface area contributed by atoms with Gasteiger partial charge in [0.15, 0.2) is 0 Å². The predicted octanol–water partition coefficient (Wildman–Crippen LogP) is 2.37. The summed E-state index contributed by atoms with van der Waals surface area (Å²) in [5.74, 6) is -0.841. The lowest BCUT2D eigenvalue weighted by Crippen LogP contribution is -1.95. The molecule has 0 rings (SSSR count). The molecule has 0 aromatic heterocycles. The van der Waals surface area contributed by atoms with E-state index in [1.807, 2.05) is 19.9 Å². The van der Waals surface area contributed by atoms with Crippen molar-refractivity contribution >= 4 is 5.97 Å². The van der Waals surface area contributed by atoms with Gasteiger partial charge in [0.2, 0.25) is 0 Å². The van der Waals surface area contributed by atoms with Gasteiger partial charge in [-0.15, -0.1) is 0 Å². The van der Waals surface area contributed by atoms with Crippen LogP contribution in [0.5, 0.6) is 0 Å². The number of hydrogen-bond acceptors (Lipinski definition) is 1. The van der Waals surface area contributed by atoms with Crippen molar-refractivity contribution in [3.63, 3.8) is 0 Å². The van der Waals surface area contributed by atoms with Crippen LogP contribution in [0.4, 0.5) is 0 Å². The third-order valence-electron chi connectivity index (χ3n) is 1.29. The molecule has 0 amide bonds. The van der Waals surface area contributed by atoms with E-state index in [1.165, 1.54) is 5.57 Å². The van der Waals surface area contributed by atoms with Gasteiger partial charge in [0.05, 0.1) is 0 Å². The minimum atomic E-state index is -0.841. The molecule has 0 heterocycles. The highest BCUT2D eigenvalue weighted by molar-refractivity contribution is 5.85. The van der Waals surface area contributed by atoms with Crippen molar-refractivity contribution in [2.75, 3.05) is 0 Å². The van der Waals surface area contributed by atoms with Crippen molar-refractivity contribution in [1.82, 2.24) is 0 Å². The van der Waals surface area contributed by atoms with Gasteiger partial charge >= 0.3 is 5.97 Å². The van der Waals surface area contributed by atoms with E-state index in [0.29, 0.717) is 12.0 Å². The van der Waals surface area contributed by atoms with Crippen LogP contribution in [0.25, 0.3) is 0 Å². The molecule has 0 bridgehead atoms. The molecule has 11 heavy (non-hydrogen) atoms. The lowest BCUT2D eigenvalue weighted by molar-refractivity contribution is -0.132. The van der Waals surface area contributed by atoms with Gasteiger partial charge in [0, 0.05) is 5.57 Å². The average Bonchev–Trinajstić information content (AvgIpc) is 1.86. The largest absolute Gasteiger partial charge is 0.478 e. The zero-order valence-corrected chi connectivity index (χ0v) is 7.22. The van der Waals surface area contributed by atoms with E-state index in [2.05, 4.69) is 0 Å². The summed E-state index contributed by atoms with van der Waals surface area (Å²) >= 11 is 0. The highest BCUT2D eigenvalue weighted by Gasteiger charge is 1.95. The summed E-state index contributed by atoms with van der Waals surface area (Å²) in [5, 5.41) is 8.46. The fraction of sp³-hybridized carbons (Fsp3) is 0.444. The van der Waals surface area contributed by atoms with Crippen molar-refractivity contribution in [3.05, 3.63) is 23.3 Å². The molecule has 2 heteroatoms. The van der Waals surface area contributed by atoms with Crippen molar-refractivity contribution in [3.8, 4) is 0 Å². The van der Waals surface area contributed by atoms with Crippen LogP contribution in [0.2, 0.25) is 0 Å². The van der Waals surface area contributed by atoms with Gasteiger partial charge in [-0.05, 0) is 27.2 Å². The molecule has 1 N–H and O–H groups in total. The third-order valence-corrected chi connectivity index (χ3v) is 1.29. The molecule has 0 aliphatic carbocycles. The van der Waals surface area contributed by atoms with Crippen LogP contribution in [0.1, 0.15) is 27.2 Å². The highest BCUT2D eigenvalue weighted by Crippen LogP contribution is 1.98. The SMILES string of the molecule is CC(C)=CC/C=C(/C)C(=O)O. The average molecular weight is 154 g/mol. The summed E-state index contributed by atoms with van der Waals surface area (Å²) in [6.07, 6.45) is 4.40. The van der Waals surface area contributed by atoms with Crippen molar-refractivity contribution in [2.45, 2.75) is 27.2 Å². The fourth-order valence-corrected chi connectivity index (χ4v) is 0.559. The normalized spacial score (nSPS) is 11.0. The van der Waals surface area contributed by atoms with Crippen LogP contribution in [0.3, 0.4) is 0 Å². The molecule has 0 radical (unpaired) electrons. The summed E-state index contributed by atoms with van der Waals surface area (Å²) in [4.78, 5) is 10.3. The van der Waals surface area contributed by atoms with E-state index in [4.69, 9.17) is 5.11 Å². The Kier molecular flexibility index (Phi) is 4.27. The topological polar surface area (TPSA) is 37.3 Å². The Labute approximate surface area is 67.2 Å². The van der Waals surface area contributed by atoms with Crippen LogP contribution in [-0.4, -0.2) is 11.1 Å². The van der Waals surface area contributed by atoms with Gasteiger partial charge in [-0.25, -0.2) is 4.79 Å². The van der Waals surface area contributed by atoms with Gasteiger partial charge in [-0.3, -0.25) is 0 Å². The maximum absolute atomic E-state index is 10.3. The summed E-state index contributed by atoms with van der Waals surface area (Å²) in [7, 11) is 0. The van der Waals surface area contributed by atoms with Gasteiger partial charge in [0.1, 0.15) is 0 Å². The van der Waals surface area contributed by atoms with Gasteiger partial charge in [-0.2, -0.15) is 0 Å². The van der Waals surface area contributed by atoms with E-state index >= 15 is 0 Å². The van der Waals surface area contributed by atoms with Crippen molar-refractivity contribution in [1.29, 1.82) is 0 Å². The van der Waals surface area contributed by atoms with E-state index < -0.39 is 5.97 Å². The Bertz CT molecular complexity index is 196. The lowest BCUT2D eigenvalue weighted by atomic mass is 10.2. The first kappa shape index (κ1) is 9.95. The van der Waals surface area contributed by atoms with E-state index in [1.54, 1.807) is 13.0 Å². The maximum Gasteiger partial charge on any atom is 0.330 e. The summed E-state index contributed by atoms with van der Waals surface area (Å²) < 4.78 is 0. The van der Waals surface area contributed by atoms with Crippen molar-refractivity contribution in [2.24, 2.45) is 0 Å². The molecule has 0 aromatic carbocycles. The van der Waals surface area contributed by atoms with Crippen LogP contribution < -0.4 is 0 Å². The Morgan fingerprint density at radius 3 is 2.18 bits per heavy atom. The first-order valence-corrected chi connectivity index (χ1v) is 3.57. The molecule has 0 fully saturated rings. The fourth-order valence-electron chi connectivity index (χ4n) is 0.559. The Balaban J connectivity index is 3.94. The summed E-state index contributed by atoms with van der Waals surface area (Å²) in [5.41, 5.74) is 1.61. The second kappa shape index (κ2) is 4.72. The Hall–Kier alpha value is -1.05. The minimum Gasteiger partial charge on any atom is -0.478 e. The Morgan fingerprint density at radius 2 is 1.82 bits per heavy atom. The monoisotopic (exact) mass is 154 g/mol. The summed E-state index contributed by atoms with van der Waals surface area (Å²) in [6.45, 7) is 5.58. The second-order valence-electron chi connectivity index (χ2n) is 2.71. The standard InChI is InChI=1S/C9H14O2/c1-7(2)5-4-6-8(3)9(10)11/h5-6H,4H2,1-3H3,(H,10,11)/b8-6-. The number of hydrogen-bond donors (Lipinski definition) is 1. The molecular weight excluding hydrogens is 140 g/mol. The zero-order valence-electron chi connectivity index (χ0n) is 7.22. The quantitative estimate of drug-likeness (QED) is 0.500. The molecule has 0 aliphatic heterocycles. The molecular formula is C9H14O2. The number of carboxylic acid groups (broad SMARTS) is 1. The smallest absolute Gasteiger partial charge is 0.330 e. The molecule has 0 saturated carbocycles. The number of carbonyl (C=O) groups is 1. The number of rotatable bonds is 3. The van der Waals surface area contributed by atoms with E-state index in [9.17, 15) is 4.79 Å². The van der Waals surface area contributed by atoms with Gasteiger partial charge in [0.25, 0.3) is 0 Å². The summed E-state index contributed by atoms with van der Waals surface area (Å²) in [6, 6.07) is 0. The predicted molar refractivity (Wildman–Crippen MR) is 45.4 cm³/mol. The van der Waals surface area contributed by atoms with Crippen LogP contribution in [0, 0.1) is 0 Å². The zero-order chi connectivity index (χ0) is 8.85.